The Kier molecular flexibility index (Phi) is 5.58. The summed E-state index contributed by atoms with van der Waals surface area (Å²) in [5.74, 6) is 1.63. The van der Waals surface area contributed by atoms with Crippen molar-refractivity contribution < 1.29 is 18.9 Å². The summed E-state index contributed by atoms with van der Waals surface area (Å²) in [7, 11) is 3.31. The summed E-state index contributed by atoms with van der Waals surface area (Å²) in [6, 6.07) is 10.3. The molecule has 0 spiro atoms. The quantitative estimate of drug-likeness (QED) is 0.385. The van der Waals surface area contributed by atoms with Gasteiger partial charge in [-0.15, -0.1) is 0 Å². The van der Waals surface area contributed by atoms with Gasteiger partial charge >= 0.3 is 0 Å². The topological polar surface area (TPSA) is 49.0 Å². The van der Waals surface area contributed by atoms with Gasteiger partial charge in [0, 0.05) is 23.9 Å². The van der Waals surface area contributed by atoms with Gasteiger partial charge in [-0.3, -0.25) is 0 Å². The third-order valence-electron chi connectivity index (χ3n) is 5.42. The molecule has 1 N–H and O–H groups in total. The van der Waals surface area contributed by atoms with Gasteiger partial charge in [-0.25, -0.2) is 0 Å². The van der Waals surface area contributed by atoms with Crippen molar-refractivity contribution in [2.45, 2.75) is 32.4 Å². The number of allylic oxidation sites excluding steroid dienone is 1. The molecule has 30 heavy (non-hydrogen) atoms. The fraction of sp³-hybridized carbons (Fsp3) is 0.360. The second-order valence-electron chi connectivity index (χ2n) is 8.20. The number of hydrogen-bond acceptors (Lipinski definition) is 5. The molecule has 5 heteroatoms. The maximum atomic E-state index is 6.47. The average Bonchev–Trinajstić information content (AvgIpc) is 2.71. The van der Waals surface area contributed by atoms with Crippen LogP contribution in [0.5, 0.6) is 11.5 Å². The molecule has 0 saturated heterocycles. The van der Waals surface area contributed by atoms with Gasteiger partial charge in [0.15, 0.2) is 0 Å². The molecule has 1 atom stereocenters. The van der Waals surface area contributed by atoms with E-state index >= 15 is 0 Å². The van der Waals surface area contributed by atoms with Crippen LogP contribution in [0.25, 0.3) is 16.7 Å². The lowest BCUT2D eigenvalue weighted by molar-refractivity contribution is -0.0188. The molecule has 2 aromatic carbocycles. The lowest BCUT2D eigenvalue weighted by Gasteiger charge is -2.36. The molecule has 158 valence electrons. The van der Waals surface area contributed by atoms with Crippen LogP contribution in [0.3, 0.4) is 0 Å². The fourth-order valence-corrected chi connectivity index (χ4v) is 4.41. The molecule has 5 nitrogen and oxygen atoms in total. The highest BCUT2D eigenvalue weighted by Gasteiger charge is 2.33. The van der Waals surface area contributed by atoms with Gasteiger partial charge in [0.1, 0.15) is 24.4 Å². The van der Waals surface area contributed by atoms with E-state index in [1.54, 1.807) is 14.2 Å². The molecule has 0 amide bonds. The van der Waals surface area contributed by atoms with E-state index in [1.807, 2.05) is 24.3 Å². The molecule has 0 aromatic heterocycles. The predicted octanol–water partition coefficient (Wildman–Crippen LogP) is 5.58. The third-order valence-corrected chi connectivity index (χ3v) is 5.42. The van der Waals surface area contributed by atoms with Crippen LogP contribution >= 0.6 is 0 Å². The third kappa shape index (κ3) is 3.71. The minimum absolute atomic E-state index is 0.101. The Balaban J connectivity index is 1.86. The first kappa shape index (κ1) is 20.5. The number of nitrogens with one attached hydrogen (secondary N) is 1. The van der Waals surface area contributed by atoms with E-state index in [0.29, 0.717) is 6.61 Å². The average molecular weight is 408 g/mol. The van der Waals surface area contributed by atoms with E-state index in [1.165, 1.54) is 11.1 Å². The SMILES string of the molecule is COCOCC=CC1Oc2cccc(OC)c2-c2ccc3c(c21)C(C)=CC(C)(C)N3. The number of fused-ring (bicyclic) bond motifs is 5. The van der Waals surface area contributed by atoms with Crippen LogP contribution in [-0.4, -0.2) is 33.2 Å². The smallest absolute Gasteiger partial charge is 0.146 e. The van der Waals surface area contributed by atoms with Gasteiger partial charge in [0.25, 0.3) is 0 Å². The standard InChI is InChI=1S/C25H29NO4/c1-16-14-25(2,3)26-18-12-11-17-23-19(28-5)8-6-9-20(23)30-21(24(17)22(16)18)10-7-13-29-15-27-4/h6-12,14,21,26H,13,15H2,1-5H3. The van der Waals surface area contributed by atoms with Crippen molar-refractivity contribution in [2.24, 2.45) is 0 Å². The highest BCUT2D eigenvalue weighted by molar-refractivity contribution is 5.91. The zero-order valence-corrected chi connectivity index (χ0v) is 18.2. The summed E-state index contributed by atoms with van der Waals surface area (Å²) in [6.07, 6.45) is 6.09. The Morgan fingerprint density at radius 3 is 2.73 bits per heavy atom. The largest absolute Gasteiger partial charge is 0.496 e. The highest BCUT2D eigenvalue weighted by atomic mass is 16.7. The predicted molar refractivity (Wildman–Crippen MR) is 120 cm³/mol. The highest BCUT2D eigenvalue weighted by Crippen LogP contribution is 2.52. The summed E-state index contributed by atoms with van der Waals surface area (Å²) in [4.78, 5) is 0. The Labute approximate surface area is 178 Å². The van der Waals surface area contributed by atoms with Gasteiger partial charge in [-0.1, -0.05) is 24.3 Å². The molecule has 1 unspecified atom stereocenters. The van der Waals surface area contributed by atoms with Gasteiger partial charge < -0.3 is 24.3 Å². The van der Waals surface area contributed by atoms with E-state index in [-0.39, 0.29) is 18.4 Å². The summed E-state index contributed by atoms with van der Waals surface area (Å²) in [5, 5.41) is 3.65. The van der Waals surface area contributed by atoms with Crippen LogP contribution in [0, 0.1) is 0 Å². The van der Waals surface area contributed by atoms with Crippen molar-refractivity contribution in [1.29, 1.82) is 0 Å². The van der Waals surface area contributed by atoms with Crippen LogP contribution in [0.4, 0.5) is 5.69 Å². The molecule has 0 saturated carbocycles. The second-order valence-corrected chi connectivity index (χ2v) is 8.20. The first-order valence-corrected chi connectivity index (χ1v) is 10.2. The van der Waals surface area contributed by atoms with Crippen LogP contribution in [-0.2, 0) is 9.47 Å². The number of ether oxygens (including phenoxy) is 4. The molecule has 0 fully saturated rings. The molecular formula is C25H29NO4. The first-order chi connectivity index (χ1) is 14.4. The molecule has 2 aromatic rings. The molecule has 2 aliphatic rings. The van der Waals surface area contributed by atoms with Crippen LogP contribution < -0.4 is 14.8 Å². The first-order valence-electron chi connectivity index (χ1n) is 10.2. The molecule has 0 bridgehead atoms. The Bertz CT molecular complexity index is 1010. The van der Waals surface area contributed by atoms with Gasteiger partial charge in [0.05, 0.1) is 24.8 Å². The second kappa shape index (κ2) is 8.17. The lowest BCUT2D eigenvalue weighted by Crippen LogP contribution is -2.32. The lowest BCUT2D eigenvalue weighted by atomic mass is 9.81. The van der Waals surface area contributed by atoms with Crippen molar-refractivity contribution >= 4 is 11.3 Å². The fourth-order valence-electron chi connectivity index (χ4n) is 4.41. The molecule has 0 radical (unpaired) electrons. The molecule has 0 aliphatic carbocycles. The van der Waals surface area contributed by atoms with Crippen molar-refractivity contribution in [2.75, 3.05) is 32.9 Å². The number of benzene rings is 2. The van der Waals surface area contributed by atoms with E-state index in [0.717, 1.165) is 33.9 Å². The number of anilines is 1. The van der Waals surface area contributed by atoms with E-state index in [2.05, 4.69) is 50.4 Å². The van der Waals surface area contributed by atoms with Gasteiger partial charge in [-0.2, -0.15) is 0 Å². The summed E-state index contributed by atoms with van der Waals surface area (Å²) >= 11 is 0. The monoisotopic (exact) mass is 407 g/mol. The minimum Gasteiger partial charge on any atom is -0.496 e. The van der Waals surface area contributed by atoms with E-state index in [4.69, 9.17) is 18.9 Å². The van der Waals surface area contributed by atoms with Crippen molar-refractivity contribution in [3.8, 4) is 22.6 Å². The molecule has 4 rings (SSSR count). The van der Waals surface area contributed by atoms with Gasteiger partial charge in [0.2, 0.25) is 0 Å². The maximum Gasteiger partial charge on any atom is 0.146 e. The molecule has 2 aliphatic heterocycles. The van der Waals surface area contributed by atoms with E-state index < -0.39 is 0 Å². The summed E-state index contributed by atoms with van der Waals surface area (Å²) in [5.41, 5.74) is 6.72. The van der Waals surface area contributed by atoms with Crippen molar-refractivity contribution in [3.63, 3.8) is 0 Å². The van der Waals surface area contributed by atoms with Crippen LogP contribution in [0.2, 0.25) is 0 Å². The number of methoxy groups -OCH3 is 2. The normalized spacial score (nSPS) is 18.6. The van der Waals surface area contributed by atoms with Gasteiger partial charge in [-0.05, 0) is 56.2 Å². The van der Waals surface area contributed by atoms with Crippen molar-refractivity contribution in [3.05, 3.63) is 59.7 Å². The van der Waals surface area contributed by atoms with Crippen molar-refractivity contribution in [1.82, 2.24) is 0 Å². The zero-order chi connectivity index (χ0) is 21.3. The van der Waals surface area contributed by atoms with Crippen LogP contribution in [0.1, 0.15) is 38.0 Å². The Morgan fingerprint density at radius 1 is 1.13 bits per heavy atom. The molecular weight excluding hydrogens is 378 g/mol. The Hall–Kier alpha value is -2.76. The summed E-state index contributed by atoms with van der Waals surface area (Å²) < 4.78 is 22.5. The minimum atomic E-state index is -0.230. The molecule has 2 heterocycles. The number of rotatable bonds is 6. The Morgan fingerprint density at radius 2 is 1.97 bits per heavy atom. The maximum absolute atomic E-state index is 6.47. The van der Waals surface area contributed by atoms with Crippen LogP contribution in [0.15, 0.2) is 48.6 Å². The van der Waals surface area contributed by atoms with E-state index in [9.17, 15) is 0 Å². The summed E-state index contributed by atoms with van der Waals surface area (Å²) in [6.45, 7) is 7.25. The zero-order valence-electron chi connectivity index (χ0n) is 18.2. The number of hydrogen-bond donors (Lipinski definition) is 1.